The summed E-state index contributed by atoms with van der Waals surface area (Å²) in [6.07, 6.45) is -0.114. The lowest BCUT2D eigenvalue weighted by Gasteiger charge is -2.27. The van der Waals surface area contributed by atoms with Gasteiger partial charge in [0.15, 0.2) is 5.69 Å². The molecule has 0 unspecified atom stereocenters. The number of aromatic nitrogens is 3. The van der Waals surface area contributed by atoms with E-state index in [-0.39, 0.29) is 60.3 Å². The largest absolute Gasteiger partial charge is 0.443 e. The van der Waals surface area contributed by atoms with E-state index in [0.717, 1.165) is 5.56 Å². The van der Waals surface area contributed by atoms with Crippen molar-refractivity contribution in [3.8, 4) is 11.5 Å². The number of hydrogen-bond acceptors (Lipinski definition) is 10. The number of oxazole rings is 2. The van der Waals surface area contributed by atoms with Crippen molar-refractivity contribution in [3.63, 3.8) is 0 Å². The van der Waals surface area contributed by atoms with E-state index >= 15 is 0 Å². The number of aryl methyl sites for hydroxylation is 2. The first-order valence-corrected chi connectivity index (χ1v) is 16.8. The van der Waals surface area contributed by atoms with Gasteiger partial charge in [0.05, 0.1) is 24.7 Å². The molecule has 3 N–H and O–H groups in total. The third-order valence-electron chi connectivity index (χ3n) is 8.04. The number of thiazole rings is 1. The van der Waals surface area contributed by atoms with Gasteiger partial charge in [0, 0.05) is 23.5 Å². The molecule has 13 nitrogen and oxygen atoms in total. The predicted molar refractivity (Wildman–Crippen MR) is 178 cm³/mol. The lowest BCUT2D eigenvalue weighted by Crippen LogP contribution is -2.49. The summed E-state index contributed by atoms with van der Waals surface area (Å²) in [5, 5.41) is 11.0. The molecule has 4 aromatic rings. The van der Waals surface area contributed by atoms with Gasteiger partial charge in [-0.25, -0.2) is 15.0 Å². The molecule has 1 aliphatic rings. The minimum atomic E-state index is -0.629. The van der Waals surface area contributed by atoms with Crippen LogP contribution in [0.25, 0.3) is 11.5 Å². The van der Waals surface area contributed by atoms with Gasteiger partial charge in [-0.15, -0.1) is 11.3 Å². The number of nitrogens with zero attached hydrogens (tertiary/aromatic N) is 4. The van der Waals surface area contributed by atoms with Crippen LogP contribution in [-0.4, -0.2) is 62.6 Å². The molecular formula is C34H41N7O6S. The van der Waals surface area contributed by atoms with E-state index < -0.39 is 35.8 Å². The Bertz CT molecular complexity index is 1790. The van der Waals surface area contributed by atoms with Crippen molar-refractivity contribution in [2.75, 3.05) is 13.1 Å². The molecular weight excluding hydrogens is 634 g/mol. The monoisotopic (exact) mass is 675 g/mol. The fraction of sp³-hybridized carbons (Fsp3) is 0.441. The van der Waals surface area contributed by atoms with Gasteiger partial charge in [-0.1, -0.05) is 45.9 Å². The predicted octanol–water partition coefficient (Wildman–Crippen LogP) is 4.55. The van der Waals surface area contributed by atoms with E-state index in [1.165, 1.54) is 16.2 Å². The zero-order valence-corrected chi connectivity index (χ0v) is 28.9. The summed E-state index contributed by atoms with van der Waals surface area (Å²) in [5.41, 5.74) is 1.48. The van der Waals surface area contributed by atoms with Crippen molar-refractivity contribution in [2.24, 2.45) is 11.8 Å². The summed E-state index contributed by atoms with van der Waals surface area (Å²) in [7, 11) is 0. The average molecular weight is 676 g/mol. The Kier molecular flexibility index (Phi) is 10.4. The maximum Gasteiger partial charge on any atom is 0.273 e. The van der Waals surface area contributed by atoms with Gasteiger partial charge in [-0.05, 0) is 44.7 Å². The molecule has 0 radical (unpaired) electrons. The van der Waals surface area contributed by atoms with Crippen molar-refractivity contribution in [1.29, 1.82) is 0 Å². The van der Waals surface area contributed by atoms with E-state index in [1.54, 1.807) is 26.2 Å². The first-order valence-electron chi connectivity index (χ1n) is 15.9. The van der Waals surface area contributed by atoms with Crippen LogP contribution in [0, 0.1) is 25.7 Å². The Morgan fingerprint density at radius 2 is 1.62 bits per heavy atom. The molecule has 0 saturated carbocycles. The highest BCUT2D eigenvalue weighted by Gasteiger charge is 2.31. The van der Waals surface area contributed by atoms with Crippen molar-refractivity contribution in [3.05, 3.63) is 75.2 Å². The molecule has 1 aliphatic heterocycles. The molecule has 4 amide bonds. The smallest absolute Gasteiger partial charge is 0.273 e. The van der Waals surface area contributed by atoms with Crippen LogP contribution in [0.15, 0.2) is 44.5 Å². The van der Waals surface area contributed by atoms with Crippen LogP contribution in [-0.2, 0) is 16.0 Å². The Morgan fingerprint density at radius 1 is 0.917 bits per heavy atom. The summed E-state index contributed by atoms with van der Waals surface area (Å²) >= 11 is 1.26. The molecule has 4 bridgehead atoms. The second-order valence-corrected chi connectivity index (χ2v) is 13.6. The van der Waals surface area contributed by atoms with Crippen LogP contribution in [0.5, 0.6) is 0 Å². The van der Waals surface area contributed by atoms with Gasteiger partial charge in [0.1, 0.15) is 28.3 Å². The highest BCUT2D eigenvalue weighted by atomic mass is 32.1. The number of benzene rings is 1. The SMILES string of the molecule is Cc1oc(-c2ccccc2)nc1CC(=O)N1CC(=O)N[C@@H](C(C)C)c2nc(cs2)C(=O)N[C@H](C(C)C)c2nc(c(C)o2)C(=O)N[C@H](C)C1. The van der Waals surface area contributed by atoms with Gasteiger partial charge in [-0.3, -0.25) is 19.2 Å². The number of nitrogens with one attached hydrogen (secondary N) is 3. The first-order chi connectivity index (χ1) is 22.8. The summed E-state index contributed by atoms with van der Waals surface area (Å²) < 4.78 is 11.8. The molecule has 3 atom stereocenters. The van der Waals surface area contributed by atoms with Crippen LogP contribution in [0.4, 0.5) is 0 Å². The summed E-state index contributed by atoms with van der Waals surface area (Å²) in [5.74, 6) is -0.546. The fourth-order valence-corrected chi connectivity index (χ4v) is 6.43. The lowest BCUT2D eigenvalue weighted by molar-refractivity contribution is -0.136. The molecule has 0 spiro atoms. The minimum Gasteiger partial charge on any atom is -0.443 e. The van der Waals surface area contributed by atoms with Crippen LogP contribution >= 0.6 is 11.3 Å². The van der Waals surface area contributed by atoms with Gasteiger partial charge >= 0.3 is 0 Å². The van der Waals surface area contributed by atoms with Crippen molar-refractivity contribution < 1.29 is 28.0 Å². The lowest BCUT2D eigenvalue weighted by atomic mass is 10.0. The Labute approximate surface area is 282 Å². The van der Waals surface area contributed by atoms with Crippen LogP contribution in [0.2, 0.25) is 0 Å². The zero-order chi connectivity index (χ0) is 34.7. The van der Waals surface area contributed by atoms with Crippen LogP contribution in [0.1, 0.15) is 95.8 Å². The Morgan fingerprint density at radius 3 is 2.31 bits per heavy atom. The highest BCUT2D eigenvalue weighted by molar-refractivity contribution is 7.09. The molecule has 254 valence electrons. The third kappa shape index (κ3) is 7.81. The maximum atomic E-state index is 13.8. The van der Waals surface area contributed by atoms with E-state index in [4.69, 9.17) is 8.83 Å². The number of amides is 4. The topological polar surface area (TPSA) is 173 Å². The average Bonchev–Trinajstić information content (AvgIpc) is 3.77. The molecule has 3 aromatic heterocycles. The van der Waals surface area contributed by atoms with Crippen LogP contribution < -0.4 is 16.0 Å². The Hall–Kier alpha value is -4.85. The van der Waals surface area contributed by atoms with Gasteiger partial charge in [0.25, 0.3) is 11.8 Å². The summed E-state index contributed by atoms with van der Waals surface area (Å²) in [6.45, 7) is 12.5. The first kappa shape index (κ1) is 34.5. The maximum absolute atomic E-state index is 13.8. The van der Waals surface area contributed by atoms with E-state index in [1.807, 2.05) is 58.0 Å². The molecule has 0 fully saturated rings. The molecule has 5 rings (SSSR count). The number of carbonyl (C=O) groups excluding carboxylic acids is 4. The molecule has 14 heteroatoms. The molecule has 48 heavy (non-hydrogen) atoms. The standard InChI is InChI=1S/C34H41N7O6S/c1-17(2)27-33-40-29(21(7)47-33)31(45)35-19(5)14-41(26(43)13-23-20(6)46-32(36-23)22-11-9-8-10-12-22)15-25(42)38-28(18(3)4)34-37-24(16-48-34)30(44)39-27/h8-12,16-19,27-28H,13-15H2,1-7H3,(H,35,45)(H,38,42)(H,39,44)/t19-,27-,28+/m1/s1. The number of fused-ring (bicyclic) bond motifs is 4. The third-order valence-corrected chi connectivity index (χ3v) is 8.97. The molecule has 0 aliphatic carbocycles. The summed E-state index contributed by atoms with van der Waals surface area (Å²) in [6, 6.07) is 7.65. The van der Waals surface area contributed by atoms with Gasteiger partial charge in [0.2, 0.25) is 23.6 Å². The zero-order valence-electron chi connectivity index (χ0n) is 28.1. The van der Waals surface area contributed by atoms with Gasteiger partial charge in [-0.2, -0.15) is 0 Å². The van der Waals surface area contributed by atoms with Crippen molar-refractivity contribution in [1.82, 2.24) is 35.8 Å². The van der Waals surface area contributed by atoms with Gasteiger partial charge < -0.3 is 29.7 Å². The van der Waals surface area contributed by atoms with Crippen LogP contribution in [0.3, 0.4) is 0 Å². The number of rotatable bonds is 5. The van der Waals surface area contributed by atoms with E-state index in [0.29, 0.717) is 22.4 Å². The fourth-order valence-electron chi connectivity index (χ4n) is 5.40. The molecule has 1 aromatic carbocycles. The Balaban J connectivity index is 1.46. The normalized spacial score (nSPS) is 19.5. The second kappa shape index (κ2) is 14.5. The minimum absolute atomic E-state index is 0.0304. The quantitative estimate of drug-likeness (QED) is 0.274. The number of hydrogen-bond donors (Lipinski definition) is 3. The molecule has 0 saturated heterocycles. The van der Waals surface area contributed by atoms with Crippen molar-refractivity contribution in [2.45, 2.75) is 73.0 Å². The molecule has 4 heterocycles. The summed E-state index contributed by atoms with van der Waals surface area (Å²) in [4.78, 5) is 69.1. The van der Waals surface area contributed by atoms with E-state index in [9.17, 15) is 19.2 Å². The second-order valence-electron chi connectivity index (χ2n) is 12.7. The highest BCUT2D eigenvalue weighted by Crippen LogP contribution is 2.28. The van der Waals surface area contributed by atoms with Crippen molar-refractivity contribution >= 4 is 35.0 Å². The van der Waals surface area contributed by atoms with E-state index in [2.05, 4.69) is 30.9 Å². The number of carbonyl (C=O) groups is 4.